The molecule has 0 heterocycles. The zero-order chi connectivity index (χ0) is 13.0. The standard InChI is InChI=1S/C15H21NO2/c1-2-11-7-3-4-8-12(11)15(18)16-13-9-5-6-10-14(13)17/h3-4,7-8,13-14,17H,2,5-6,9-10H2,1H3,(H,16,18). The van der Waals surface area contributed by atoms with Gasteiger partial charge in [0.05, 0.1) is 12.1 Å². The average Bonchev–Trinajstić information content (AvgIpc) is 2.41. The van der Waals surface area contributed by atoms with E-state index in [1.807, 2.05) is 31.2 Å². The summed E-state index contributed by atoms with van der Waals surface area (Å²) in [5.41, 5.74) is 1.79. The van der Waals surface area contributed by atoms with E-state index in [0.29, 0.717) is 0 Å². The molecule has 1 amide bonds. The van der Waals surface area contributed by atoms with Crippen molar-refractivity contribution in [2.24, 2.45) is 0 Å². The minimum atomic E-state index is -0.392. The quantitative estimate of drug-likeness (QED) is 0.861. The molecule has 3 heteroatoms. The van der Waals surface area contributed by atoms with Gasteiger partial charge in [0.15, 0.2) is 0 Å². The number of carbonyl (C=O) groups is 1. The molecule has 1 fully saturated rings. The second kappa shape index (κ2) is 6.01. The maximum absolute atomic E-state index is 12.2. The number of hydrogen-bond donors (Lipinski definition) is 2. The predicted molar refractivity (Wildman–Crippen MR) is 71.5 cm³/mol. The summed E-state index contributed by atoms with van der Waals surface area (Å²) in [6.07, 6.45) is 4.26. The molecule has 18 heavy (non-hydrogen) atoms. The van der Waals surface area contributed by atoms with E-state index >= 15 is 0 Å². The van der Waals surface area contributed by atoms with Crippen LogP contribution in [0, 0.1) is 0 Å². The summed E-state index contributed by atoms with van der Waals surface area (Å²) < 4.78 is 0. The van der Waals surface area contributed by atoms with Crippen molar-refractivity contribution in [2.75, 3.05) is 0 Å². The third-order valence-electron chi connectivity index (χ3n) is 3.69. The van der Waals surface area contributed by atoms with Crippen LogP contribution in [0.1, 0.15) is 48.5 Å². The summed E-state index contributed by atoms with van der Waals surface area (Å²) in [7, 11) is 0. The van der Waals surface area contributed by atoms with E-state index in [0.717, 1.165) is 43.2 Å². The van der Waals surface area contributed by atoms with E-state index in [1.54, 1.807) is 0 Å². The van der Waals surface area contributed by atoms with Gasteiger partial charge in [-0.05, 0) is 30.9 Å². The molecule has 0 aliphatic heterocycles. The highest BCUT2D eigenvalue weighted by Gasteiger charge is 2.25. The van der Waals surface area contributed by atoms with Crippen LogP contribution in [0.3, 0.4) is 0 Å². The molecule has 2 unspecified atom stereocenters. The van der Waals surface area contributed by atoms with E-state index in [9.17, 15) is 9.90 Å². The summed E-state index contributed by atoms with van der Waals surface area (Å²) >= 11 is 0. The Morgan fingerprint density at radius 3 is 2.78 bits per heavy atom. The minimum Gasteiger partial charge on any atom is -0.391 e. The Morgan fingerprint density at radius 1 is 1.33 bits per heavy atom. The minimum absolute atomic E-state index is 0.0570. The Kier molecular flexibility index (Phi) is 4.37. The van der Waals surface area contributed by atoms with Gasteiger partial charge in [0, 0.05) is 5.56 Å². The lowest BCUT2D eigenvalue weighted by molar-refractivity contribution is 0.0716. The summed E-state index contributed by atoms with van der Waals surface area (Å²) in [6, 6.07) is 7.57. The molecule has 0 saturated heterocycles. The third kappa shape index (κ3) is 2.91. The highest BCUT2D eigenvalue weighted by molar-refractivity contribution is 5.95. The fourth-order valence-electron chi connectivity index (χ4n) is 2.58. The molecule has 0 bridgehead atoms. The van der Waals surface area contributed by atoms with Gasteiger partial charge in [0.1, 0.15) is 0 Å². The Labute approximate surface area is 108 Å². The molecule has 1 saturated carbocycles. The number of aryl methyl sites for hydroxylation is 1. The summed E-state index contributed by atoms with van der Waals surface area (Å²) in [5, 5.41) is 12.8. The first-order valence-electron chi connectivity index (χ1n) is 6.79. The maximum atomic E-state index is 12.2. The van der Waals surface area contributed by atoms with Crippen molar-refractivity contribution in [2.45, 2.75) is 51.2 Å². The summed E-state index contributed by atoms with van der Waals surface area (Å²) in [4.78, 5) is 12.2. The SMILES string of the molecule is CCc1ccccc1C(=O)NC1CCCCC1O. The van der Waals surface area contributed by atoms with Crippen molar-refractivity contribution in [1.29, 1.82) is 0 Å². The number of aliphatic hydroxyl groups is 1. The van der Waals surface area contributed by atoms with Gasteiger partial charge in [-0.3, -0.25) is 4.79 Å². The highest BCUT2D eigenvalue weighted by atomic mass is 16.3. The van der Waals surface area contributed by atoms with Crippen LogP contribution in [0.2, 0.25) is 0 Å². The molecule has 0 aromatic heterocycles. The summed E-state index contributed by atoms with van der Waals surface area (Å²) in [6.45, 7) is 2.04. The van der Waals surface area contributed by atoms with Gasteiger partial charge < -0.3 is 10.4 Å². The third-order valence-corrected chi connectivity index (χ3v) is 3.69. The molecule has 2 rings (SSSR count). The van der Waals surface area contributed by atoms with E-state index < -0.39 is 6.10 Å². The number of benzene rings is 1. The van der Waals surface area contributed by atoms with Gasteiger partial charge in [-0.15, -0.1) is 0 Å². The van der Waals surface area contributed by atoms with Crippen LogP contribution in [0.15, 0.2) is 24.3 Å². The molecule has 3 nitrogen and oxygen atoms in total. The number of hydrogen-bond acceptors (Lipinski definition) is 2. The van der Waals surface area contributed by atoms with Crippen molar-refractivity contribution in [1.82, 2.24) is 5.32 Å². The zero-order valence-corrected chi connectivity index (χ0v) is 10.9. The molecule has 2 atom stereocenters. The topological polar surface area (TPSA) is 49.3 Å². The van der Waals surface area contributed by atoms with Crippen LogP contribution in [0.5, 0.6) is 0 Å². The molecule has 0 radical (unpaired) electrons. The Bertz CT molecular complexity index is 417. The van der Waals surface area contributed by atoms with Gasteiger partial charge in [0.2, 0.25) is 0 Å². The predicted octanol–water partition coefficient (Wildman–Crippen LogP) is 2.28. The molecular formula is C15H21NO2. The molecule has 1 aliphatic carbocycles. The Morgan fingerprint density at radius 2 is 2.06 bits per heavy atom. The number of rotatable bonds is 3. The number of nitrogens with one attached hydrogen (secondary N) is 1. The average molecular weight is 247 g/mol. The van der Waals surface area contributed by atoms with E-state index in [4.69, 9.17) is 0 Å². The van der Waals surface area contributed by atoms with Gasteiger partial charge in [0.25, 0.3) is 5.91 Å². The number of aliphatic hydroxyl groups excluding tert-OH is 1. The first-order chi connectivity index (χ1) is 8.72. The van der Waals surface area contributed by atoms with E-state index in [-0.39, 0.29) is 11.9 Å². The Hall–Kier alpha value is -1.35. The van der Waals surface area contributed by atoms with Crippen molar-refractivity contribution in [3.63, 3.8) is 0 Å². The lowest BCUT2D eigenvalue weighted by Crippen LogP contribution is -2.45. The fraction of sp³-hybridized carbons (Fsp3) is 0.533. The lowest BCUT2D eigenvalue weighted by atomic mass is 9.92. The fourth-order valence-corrected chi connectivity index (χ4v) is 2.58. The van der Waals surface area contributed by atoms with Crippen LogP contribution >= 0.6 is 0 Å². The smallest absolute Gasteiger partial charge is 0.251 e. The first-order valence-corrected chi connectivity index (χ1v) is 6.79. The second-order valence-corrected chi connectivity index (χ2v) is 4.94. The monoisotopic (exact) mass is 247 g/mol. The van der Waals surface area contributed by atoms with Crippen molar-refractivity contribution in [3.8, 4) is 0 Å². The Balaban J connectivity index is 2.07. The maximum Gasteiger partial charge on any atom is 0.251 e. The number of amides is 1. The molecule has 0 spiro atoms. The largest absolute Gasteiger partial charge is 0.391 e. The van der Waals surface area contributed by atoms with Gasteiger partial charge in [-0.1, -0.05) is 38.0 Å². The number of carbonyl (C=O) groups excluding carboxylic acids is 1. The van der Waals surface area contributed by atoms with Crippen molar-refractivity contribution >= 4 is 5.91 Å². The van der Waals surface area contributed by atoms with Crippen LogP contribution in [-0.2, 0) is 6.42 Å². The molecule has 1 aromatic carbocycles. The second-order valence-electron chi connectivity index (χ2n) is 4.94. The van der Waals surface area contributed by atoms with Gasteiger partial charge in [-0.2, -0.15) is 0 Å². The van der Waals surface area contributed by atoms with Crippen LogP contribution in [-0.4, -0.2) is 23.2 Å². The molecular weight excluding hydrogens is 226 g/mol. The van der Waals surface area contributed by atoms with Crippen LogP contribution < -0.4 is 5.32 Å². The molecule has 98 valence electrons. The highest BCUT2D eigenvalue weighted by Crippen LogP contribution is 2.19. The van der Waals surface area contributed by atoms with E-state index in [1.165, 1.54) is 0 Å². The molecule has 1 aliphatic rings. The van der Waals surface area contributed by atoms with Crippen molar-refractivity contribution in [3.05, 3.63) is 35.4 Å². The van der Waals surface area contributed by atoms with Gasteiger partial charge in [-0.25, -0.2) is 0 Å². The van der Waals surface area contributed by atoms with Gasteiger partial charge >= 0.3 is 0 Å². The van der Waals surface area contributed by atoms with E-state index in [2.05, 4.69) is 5.32 Å². The van der Waals surface area contributed by atoms with Crippen LogP contribution in [0.25, 0.3) is 0 Å². The van der Waals surface area contributed by atoms with Crippen molar-refractivity contribution < 1.29 is 9.90 Å². The molecule has 1 aromatic rings. The lowest BCUT2D eigenvalue weighted by Gasteiger charge is -2.28. The summed E-state index contributed by atoms with van der Waals surface area (Å²) in [5.74, 6) is -0.0570. The normalized spacial score (nSPS) is 23.7. The molecule has 2 N–H and O–H groups in total. The zero-order valence-electron chi connectivity index (χ0n) is 10.9. The van der Waals surface area contributed by atoms with Crippen LogP contribution in [0.4, 0.5) is 0 Å². The first kappa shape index (κ1) is 13.1.